The van der Waals surface area contributed by atoms with Crippen molar-refractivity contribution in [1.29, 1.82) is 0 Å². The number of carboxylic acids is 1. The van der Waals surface area contributed by atoms with E-state index in [1.165, 1.54) is 0 Å². The number of nitrogens with zero attached hydrogens (tertiary/aromatic N) is 2. The van der Waals surface area contributed by atoms with Crippen LogP contribution in [0.15, 0.2) is 16.7 Å². The molecule has 0 aliphatic heterocycles. The minimum atomic E-state index is -0.959. The summed E-state index contributed by atoms with van der Waals surface area (Å²) in [5.41, 5.74) is 0.220. The van der Waals surface area contributed by atoms with Crippen LogP contribution in [-0.4, -0.2) is 29.7 Å². The van der Waals surface area contributed by atoms with Crippen LogP contribution in [0.4, 0.5) is 5.82 Å². The Morgan fingerprint density at radius 2 is 2.25 bits per heavy atom. The zero-order valence-electron chi connectivity index (χ0n) is 9.57. The van der Waals surface area contributed by atoms with Crippen LogP contribution in [0, 0.1) is 5.92 Å². The van der Waals surface area contributed by atoms with Crippen LogP contribution in [0.1, 0.15) is 24.2 Å². The van der Waals surface area contributed by atoms with Gasteiger partial charge in [-0.15, -0.1) is 0 Å². The van der Waals surface area contributed by atoms with Crippen molar-refractivity contribution in [1.82, 2.24) is 4.98 Å². The molecule has 5 heteroatoms. The second-order valence-corrected chi connectivity index (χ2v) is 5.02. The molecule has 0 atom stereocenters. The number of aromatic carboxylic acids is 1. The van der Waals surface area contributed by atoms with Crippen molar-refractivity contribution in [2.45, 2.75) is 13.8 Å². The fourth-order valence-corrected chi connectivity index (χ4v) is 1.86. The molecular formula is C11H15BrN2O2. The summed E-state index contributed by atoms with van der Waals surface area (Å²) < 4.78 is 0.673. The third kappa shape index (κ3) is 3.20. The zero-order chi connectivity index (χ0) is 12.3. The third-order valence-corrected chi connectivity index (χ3v) is 2.50. The molecule has 1 aromatic rings. The molecule has 1 rings (SSSR count). The van der Waals surface area contributed by atoms with Crippen molar-refractivity contribution in [3.05, 3.63) is 22.3 Å². The Bertz CT molecular complexity index is 394. The Labute approximate surface area is 103 Å². The average Bonchev–Trinajstić information content (AvgIpc) is 2.16. The minimum Gasteiger partial charge on any atom is -0.478 e. The average molecular weight is 287 g/mol. The maximum atomic E-state index is 11.1. The lowest BCUT2D eigenvalue weighted by Crippen LogP contribution is -2.25. The van der Waals surface area contributed by atoms with Gasteiger partial charge in [-0.3, -0.25) is 0 Å². The first kappa shape index (κ1) is 13.0. The molecule has 0 saturated heterocycles. The van der Waals surface area contributed by atoms with E-state index >= 15 is 0 Å². The first-order chi connectivity index (χ1) is 7.41. The second kappa shape index (κ2) is 5.30. The molecule has 0 aromatic carbocycles. The highest BCUT2D eigenvalue weighted by molar-refractivity contribution is 9.10. The largest absolute Gasteiger partial charge is 0.478 e. The molecule has 4 nitrogen and oxygen atoms in total. The molecule has 1 N–H and O–H groups in total. The number of carbonyl (C=O) groups is 1. The standard InChI is InChI=1S/C11H15BrN2O2/c1-7(2)6-14(3)10-9(11(15)16)4-8(12)5-13-10/h4-5,7H,6H2,1-3H3,(H,15,16). The molecule has 0 unspecified atom stereocenters. The SMILES string of the molecule is CC(C)CN(C)c1ncc(Br)cc1C(=O)O. The predicted octanol–water partition coefficient (Wildman–Crippen LogP) is 2.63. The summed E-state index contributed by atoms with van der Waals surface area (Å²) in [5, 5.41) is 9.09. The lowest BCUT2D eigenvalue weighted by molar-refractivity contribution is 0.0697. The molecule has 88 valence electrons. The minimum absolute atomic E-state index is 0.220. The smallest absolute Gasteiger partial charge is 0.339 e. The summed E-state index contributed by atoms with van der Waals surface area (Å²) in [6, 6.07) is 1.57. The highest BCUT2D eigenvalue weighted by atomic mass is 79.9. The highest BCUT2D eigenvalue weighted by Gasteiger charge is 2.16. The van der Waals surface area contributed by atoms with Crippen LogP contribution in [0.25, 0.3) is 0 Å². The van der Waals surface area contributed by atoms with Gasteiger partial charge in [0, 0.05) is 24.3 Å². The van der Waals surface area contributed by atoms with Crippen LogP contribution in [-0.2, 0) is 0 Å². The lowest BCUT2D eigenvalue weighted by Gasteiger charge is -2.21. The summed E-state index contributed by atoms with van der Waals surface area (Å²) in [6.07, 6.45) is 1.61. The van der Waals surface area contributed by atoms with Gasteiger partial charge < -0.3 is 10.0 Å². The van der Waals surface area contributed by atoms with Crippen LogP contribution in [0.5, 0.6) is 0 Å². The van der Waals surface area contributed by atoms with Gasteiger partial charge in [0.25, 0.3) is 0 Å². The number of hydrogen-bond donors (Lipinski definition) is 1. The van der Waals surface area contributed by atoms with E-state index < -0.39 is 5.97 Å². The van der Waals surface area contributed by atoms with Gasteiger partial charge in [0.1, 0.15) is 11.4 Å². The van der Waals surface area contributed by atoms with E-state index in [0.29, 0.717) is 16.2 Å². The van der Waals surface area contributed by atoms with E-state index in [-0.39, 0.29) is 5.56 Å². The van der Waals surface area contributed by atoms with Gasteiger partial charge in [-0.05, 0) is 27.9 Å². The van der Waals surface area contributed by atoms with E-state index in [1.54, 1.807) is 12.3 Å². The topological polar surface area (TPSA) is 53.4 Å². The van der Waals surface area contributed by atoms with Gasteiger partial charge in [0.05, 0.1) is 0 Å². The normalized spacial score (nSPS) is 10.6. The van der Waals surface area contributed by atoms with Gasteiger partial charge in [-0.1, -0.05) is 13.8 Å². The Balaban J connectivity index is 3.07. The highest BCUT2D eigenvalue weighted by Crippen LogP contribution is 2.21. The zero-order valence-corrected chi connectivity index (χ0v) is 11.2. The van der Waals surface area contributed by atoms with Crippen molar-refractivity contribution in [2.24, 2.45) is 5.92 Å². The van der Waals surface area contributed by atoms with E-state index in [2.05, 4.69) is 34.8 Å². The van der Waals surface area contributed by atoms with Crippen molar-refractivity contribution in [3.63, 3.8) is 0 Å². The Kier molecular flexibility index (Phi) is 4.29. The maximum absolute atomic E-state index is 11.1. The van der Waals surface area contributed by atoms with Crippen LogP contribution in [0.2, 0.25) is 0 Å². The van der Waals surface area contributed by atoms with Gasteiger partial charge in [0.2, 0.25) is 0 Å². The van der Waals surface area contributed by atoms with Crippen LogP contribution < -0.4 is 4.90 Å². The first-order valence-electron chi connectivity index (χ1n) is 5.01. The van der Waals surface area contributed by atoms with E-state index in [9.17, 15) is 4.79 Å². The Morgan fingerprint density at radius 1 is 1.62 bits per heavy atom. The number of aromatic nitrogens is 1. The van der Waals surface area contributed by atoms with Gasteiger partial charge in [0.15, 0.2) is 0 Å². The van der Waals surface area contributed by atoms with Crippen molar-refractivity contribution >= 4 is 27.7 Å². The molecule has 0 fully saturated rings. The number of hydrogen-bond acceptors (Lipinski definition) is 3. The van der Waals surface area contributed by atoms with E-state index in [1.807, 2.05) is 11.9 Å². The molecule has 0 spiro atoms. The second-order valence-electron chi connectivity index (χ2n) is 4.10. The van der Waals surface area contributed by atoms with E-state index in [0.717, 1.165) is 6.54 Å². The summed E-state index contributed by atoms with van der Waals surface area (Å²) in [7, 11) is 1.85. The van der Waals surface area contributed by atoms with Crippen molar-refractivity contribution in [3.8, 4) is 0 Å². The molecule has 1 aromatic heterocycles. The quantitative estimate of drug-likeness (QED) is 0.925. The molecule has 0 radical (unpaired) electrons. The number of carboxylic acid groups (broad SMARTS) is 1. The van der Waals surface area contributed by atoms with Crippen LogP contribution >= 0.6 is 15.9 Å². The lowest BCUT2D eigenvalue weighted by atomic mass is 10.2. The third-order valence-electron chi connectivity index (χ3n) is 2.06. The van der Waals surface area contributed by atoms with E-state index in [4.69, 9.17) is 5.11 Å². The molecule has 0 amide bonds. The summed E-state index contributed by atoms with van der Waals surface area (Å²) >= 11 is 3.22. The Hall–Kier alpha value is -1.10. The molecule has 1 heterocycles. The summed E-state index contributed by atoms with van der Waals surface area (Å²) in [6.45, 7) is 4.93. The van der Waals surface area contributed by atoms with Crippen LogP contribution in [0.3, 0.4) is 0 Å². The maximum Gasteiger partial charge on any atom is 0.339 e. The van der Waals surface area contributed by atoms with Gasteiger partial charge >= 0.3 is 5.97 Å². The molecule has 0 saturated carbocycles. The predicted molar refractivity (Wildman–Crippen MR) is 67.0 cm³/mol. The van der Waals surface area contributed by atoms with Gasteiger partial charge in [-0.25, -0.2) is 9.78 Å². The monoisotopic (exact) mass is 286 g/mol. The number of halogens is 1. The first-order valence-corrected chi connectivity index (χ1v) is 5.81. The summed E-state index contributed by atoms with van der Waals surface area (Å²) in [5.74, 6) is 0.000831. The molecule has 0 aliphatic carbocycles. The van der Waals surface area contributed by atoms with Crippen molar-refractivity contribution in [2.75, 3.05) is 18.5 Å². The summed E-state index contributed by atoms with van der Waals surface area (Å²) in [4.78, 5) is 17.1. The van der Waals surface area contributed by atoms with Gasteiger partial charge in [-0.2, -0.15) is 0 Å². The molecular weight excluding hydrogens is 272 g/mol. The molecule has 0 bridgehead atoms. The number of rotatable bonds is 4. The number of pyridine rings is 1. The fraction of sp³-hybridized carbons (Fsp3) is 0.455. The Morgan fingerprint density at radius 3 is 2.75 bits per heavy atom. The molecule has 16 heavy (non-hydrogen) atoms. The fourth-order valence-electron chi connectivity index (χ4n) is 1.53. The molecule has 0 aliphatic rings. The number of anilines is 1. The van der Waals surface area contributed by atoms with Crippen molar-refractivity contribution < 1.29 is 9.90 Å².